The Labute approximate surface area is 124 Å². The molecule has 0 amide bonds. The van der Waals surface area contributed by atoms with E-state index in [9.17, 15) is 4.39 Å². The van der Waals surface area contributed by atoms with Crippen molar-refractivity contribution in [2.24, 2.45) is 0 Å². The van der Waals surface area contributed by atoms with Gasteiger partial charge in [-0.25, -0.2) is 4.39 Å². The van der Waals surface area contributed by atoms with E-state index in [2.05, 4.69) is 31.3 Å². The first-order valence-electron chi connectivity index (χ1n) is 6.69. The molecule has 0 aliphatic heterocycles. The van der Waals surface area contributed by atoms with Crippen molar-refractivity contribution in [1.82, 2.24) is 5.32 Å². The van der Waals surface area contributed by atoms with E-state index in [0.717, 1.165) is 12.1 Å². The molecule has 0 heterocycles. The second-order valence-electron chi connectivity index (χ2n) is 5.59. The highest BCUT2D eigenvalue weighted by Gasteiger charge is 2.19. The van der Waals surface area contributed by atoms with E-state index in [1.165, 1.54) is 17.7 Å². The van der Waals surface area contributed by atoms with Crippen LogP contribution in [0.3, 0.4) is 0 Å². The van der Waals surface area contributed by atoms with Gasteiger partial charge in [0.1, 0.15) is 5.82 Å². The number of rotatable bonds is 5. The predicted molar refractivity (Wildman–Crippen MR) is 82.6 cm³/mol. The first kappa shape index (κ1) is 15.0. The van der Waals surface area contributed by atoms with Gasteiger partial charge >= 0.3 is 0 Å². The van der Waals surface area contributed by atoms with Gasteiger partial charge in [-0.3, -0.25) is 0 Å². The number of hydrogen-bond acceptors (Lipinski definition) is 1. The van der Waals surface area contributed by atoms with Crippen molar-refractivity contribution < 1.29 is 4.39 Å². The van der Waals surface area contributed by atoms with Gasteiger partial charge in [-0.15, -0.1) is 0 Å². The summed E-state index contributed by atoms with van der Waals surface area (Å²) in [7, 11) is 0. The molecule has 0 saturated carbocycles. The highest BCUT2D eigenvalue weighted by Crippen LogP contribution is 2.22. The topological polar surface area (TPSA) is 12.0 Å². The lowest BCUT2D eigenvalue weighted by Crippen LogP contribution is -2.32. The highest BCUT2D eigenvalue weighted by atomic mass is 35.5. The molecule has 0 aliphatic carbocycles. The molecule has 0 fully saturated rings. The Morgan fingerprint density at radius 3 is 2.45 bits per heavy atom. The number of hydrogen-bond donors (Lipinski definition) is 1. The SMILES string of the molecule is CC(C)(CNCc1ccc(F)cc1Cl)c1ccccc1. The van der Waals surface area contributed by atoms with Gasteiger partial charge in [0.15, 0.2) is 0 Å². The zero-order valence-corrected chi connectivity index (χ0v) is 12.5. The van der Waals surface area contributed by atoms with Gasteiger partial charge in [0.05, 0.1) is 0 Å². The minimum Gasteiger partial charge on any atom is -0.312 e. The van der Waals surface area contributed by atoms with Crippen molar-refractivity contribution in [3.63, 3.8) is 0 Å². The van der Waals surface area contributed by atoms with Gasteiger partial charge in [0.25, 0.3) is 0 Å². The fraction of sp³-hybridized carbons (Fsp3) is 0.294. The number of benzene rings is 2. The molecule has 0 spiro atoms. The molecule has 1 N–H and O–H groups in total. The van der Waals surface area contributed by atoms with Crippen molar-refractivity contribution in [3.05, 3.63) is 70.5 Å². The maximum absolute atomic E-state index is 13.0. The fourth-order valence-corrected chi connectivity index (χ4v) is 2.40. The van der Waals surface area contributed by atoms with Gasteiger partial charge < -0.3 is 5.32 Å². The molecule has 1 nitrogen and oxygen atoms in total. The number of halogens is 2. The lowest BCUT2D eigenvalue weighted by atomic mass is 9.84. The summed E-state index contributed by atoms with van der Waals surface area (Å²) >= 11 is 6.02. The minimum absolute atomic E-state index is 0.0355. The van der Waals surface area contributed by atoms with E-state index in [1.807, 2.05) is 18.2 Å². The molecule has 20 heavy (non-hydrogen) atoms. The Bertz CT molecular complexity index is 566. The molecular weight excluding hydrogens is 273 g/mol. The average Bonchev–Trinajstić information content (AvgIpc) is 2.42. The molecule has 0 atom stereocenters. The Balaban J connectivity index is 1.95. The zero-order chi connectivity index (χ0) is 14.6. The largest absolute Gasteiger partial charge is 0.312 e. The van der Waals surface area contributed by atoms with Gasteiger partial charge in [0.2, 0.25) is 0 Å². The van der Waals surface area contributed by atoms with Crippen LogP contribution in [0.1, 0.15) is 25.0 Å². The molecule has 0 unspecified atom stereocenters. The van der Waals surface area contributed by atoms with Crippen LogP contribution in [0.15, 0.2) is 48.5 Å². The van der Waals surface area contributed by atoms with Crippen molar-refractivity contribution >= 4 is 11.6 Å². The molecule has 2 rings (SSSR count). The van der Waals surface area contributed by atoms with E-state index < -0.39 is 0 Å². The maximum Gasteiger partial charge on any atom is 0.124 e. The zero-order valence-electron chi connectivity index (χ0n) is 11.8. The molecule has 106 valence electrons. The lowest BCUT2D eigenvalue weighted by Gasteiger charge is -2.26. The summed E-state index contributed by atoms with van der Waals surface area (Å²) in [5.41, 5.74) is 2.24. The Kier molecular flexibility index (Phi) is 4.79. The smallest absolute Gasteiger partial charge is 0.124 e. The standard InChI is InChI=1S/C17H19ClFN/c1-17(2,14-6-4-3-5-7-14)12-20-11-13-8-9-15(19)10-16(13)18/h3-10,20H,11-12H2,1-2H3. The molecule has 0 aliphatic rings. The van der Waals surface area contributed by atoms with Crippen molar-refractivity contribution in [3.8, 4) is 0 Å². The number of nitrogens with one attached hydrogen (secondary N) is 1. The van der Waals surface area contributed by atoms with Gasteiger partial charge in [-0.1, -0.05) is 61.8 Å². The van der Waals surface area contributed by atoms with E-state index >= 15 is 0 Å². The van der Waals surface area contributed by atoms with Crippen LogP contribution in [0.2, 0.25) is 5.02 Å². The van der Waals surface area contributed by atoms with Crippen LogP contribution in [0.25, 0.3) is 0 Å². The van der Waals surface area contributed by atoms with E-state index in [4.69, 9.17) is 11.6 Å². The Hall–Kier alpha value is -1.38. The van der Waals surface area contributed by atoms with Crippen LogP contribution in [0.4, 0.5) is 4.39 Å². The van der Waals surface area contributed by atoms with Crippen LogP contribution in [0, 0.1) is 5.82 Å². The predicted octanol–water partition coefficient (Wildman–Crippen LogP) is 4.55. The normalized spacial score (nSPS) is 11.6. The quantitative estimate of drug-likeness (QED) is 0.852. The second-order valence-corrected chi connectivity index (χ2v) is 6.00. The monoisotopic (exact) mass is 291 g/mol. The molecule has 2 aromatic rings. The first-order chi connectivity index (χ1) is 9.49. The summed E-state index contributed by atoms with van der Waals surface area (Å²) in [6.07, 6.45) is 0. The third-order valence-electron chi connectivity index (χ3n) is 3.45. The molecule has 0 bridgehead atoms. The molecule has 2 aromatic carbocycles. The molecule has 0 aromatic heterocycles. The van der Waals surface area contributed by atoms with Gasteiger partial charge in [-0.05, 0) is 23.3 Å². The van der Waals surface area contributed by atoms with Crippen LogP contribution in [0.5, 0.6) is 0 Å². The fourth-order valence-electron chi connectivity index (χ4n) is 2.17. The Morgan fingerprint density at radius 2 is 1.80 bits per heavy atom. The summed E-state index contributed by atoms with van der Waals surface area (Å²) in [6.45, 7) is 5.85. The third kappa shape index (κ3) is 3.81. The summed E-state index contributed by atoms with van der Waals surface area (Å²) < 4.78 is 13.0. The Morgan fingerprint density at radius 1 is 1.10 bits per heavy atom. The lowest BCUT2D eigenvalue weighted by molar-refractivity contribution is 0.469. The molecule has 0 radical (unpaired) electrons. The van der Waals surface area contributed by atoms with Crippen LogP contribution in [-0.4, -0.2) is 6.54 Å². The first-order valence-corrected chi connectivity index (χ1v) is 7.07. The average molecular weight is 292 g/mol. The van der Waals surface area contributed by atoms with E-state index in [0.29, 0.717) is 11.6 Å². The van der Waals surface area contributed by atoms with Crippen molar-refractivity contribution in [2.45, 2.75) is 25.8 Å². The van der Waals surface area contributed by atoms with Gasteiger partial charge in [-0.2, -0.15) is 0 Å². The van der Waals surface area contributed by atoms with Gasteiger partial charge in [0, 0.05) is 23.5 Å². The van der Waals surface area contributed by atoms with Crippen LogP contribution >= 0.6 is 11.6 Å². The van der Waals surface area contributed by atoms with Crippen LogP contribution in [-0.2, 0) is 12.0 Å². The second kappa shape index (κ2) is 6.38. The van der Waals surface area contributed by atoms with E-state index in [1.54, 1.807) is 6.07 Å². The van der Waals surface area contributed by atoms with E-state index in [-0.39, 0.29) is 11.2 Å². The summed E-state index contributed by atoms with van der Waals surface area (Å²) in [4.78, 5) is 0. The molecule has 3 heteroatoms. The van der Waals surface area contributed by atoms with Crippen molar-refractivity contribution in [2.75, 3.05) is 6.54 Å². The third-order valence-corrected chi connectivity index (χ3v) is 3.80. The highest BCUT2D eigenvalue weighted by molar-refractivity contribution is 6.31. The van der Waals surface area contributed by atoms with Crippen molar-refractivity contribution in [1.29, 1.82) is 0 Å². The maximum atomic E-state index is 13.0. The summed E-state index contributed by atoms with van der Waals surface area (Å²) in [6, 6.07) is 14.9. The summed E-state index contributed by atoms with van der Waals surface area (Å²) in [5, 5.41) is 3.86. The molecule has 0 saturated heterocycles. The van der Waals surface area contributed by atoms with Crippen LogP contribution < -0.4 is 5.32 Å². The molecular formula is C17H19ClFN. The minimum atomic E-state index is -0.302. The summed E-state index contributed by atoms with van der Waals surface area (Å²) in [5.74, 6) is -0.302.